The molecule has 1 aliphatic heterocycles. The fourth-order valence-electron chi connectivity index (χ4n) is 2.00. The van der Waals surface area contributed by atoms with Gasteiger partial charge in [-0.2, -0.15) is 0 Å². The zero-order valence-corrected chi connectivity index (χ0v) is 15.6. The highest BCUT2D eigenvalue weighted by Crippen LogP contribution is 2.31. The molecule has 0 spiro atoms. The quantitative estimate of drug-likeness (QED) is 0.364. The van der Waals surface area contributed by atoms with Crippen molar-refractivity contribution in [1.29, 1.82) is 0 Å². The Balaban J connectivity index is 2.67. The summed E-state index contributed by atoms with van der Waals surface area (Å²) in [6.45, 7) is 12.4. The van der Waals surface area contributed by atoms with Gasteiger partial charge in [0.05, 0.1) is 11.4 Å². The molecule has 0 unspecified atom stereocenters. The molecule has 118 valence electrons. The van der Waals surface area contributed by atoms with Crippen molar-refractivity contribution in [2.24, 2.45) is 0 Å². The van der Waals surface area contributed by atoms with Crippen LogP contribution in [0.2, 0.25) is 19.6 Å². The number of rotatable bonds is 9. The van der Waals surface area contributed by atoms with Gasteiger partial charge in [0, 0.05) is 19.6 Å². The molecule has 7 heteroatoms. The summed E-state index contributed by atoms with van der Waals surface area (Å²) in [7, 11) is -1.65. The minimum absolute atomic E-state index is 0.0511. The molecule has 0 N–H and O–H groups in total. The highest BCUT2D eigenvalue weighted by Gasteiger charge is 2.35. The molecule has 0 radical (unpaired) electrons. The van der Waals surface area contributed by atoms with Crippen LogP contribution in [0.5, 0.6) is 0 Å². The minimum atomic E-state index is -1.65. The Morgan fingerprint density at radius 2 is 1.90 bits per heavy atom. The average Bonchev–Trinajstić information content (AvgIpc) is 2.74. The van der Waals surface area contributed by atoms with Gasteiger partial charge in [-0.3, -0.25) is 0 Å². The molecule has 0 bridgehead atoms. The van der Waals surface area contributed by atoms with E-state index in [0.717, 1.165) is 6.42 Å². The largest absolute Gasteiger partial charge is 0.477 e. The summed E-state index contributed by atoms with van der Waals surface area (Å²) in [6.07, 6.45) is 0.548. The van der Waals surface area contributed by atoms with Gasteiger partial charge in [-0.05, 0) is 45.7 Å². The summed E-state index contributed by atoms with van der Waals surface area (Å²) >= 11 is 6.69. The van der Waals surface area contributed by atoms with Crippen LogP contribution < -0.4 is 0 Å². The van der Waals surface area contributed by atoms with Crippen LogP contribution in [0.25, 0.3) is 0 Å². The standard InChI is InChI=1S/C13H26O4S2Si/c1-6-14-12(15-7-2)8-10(17-20(3,4)5)11-9-16-13(18)19-11/h10-12H,6-9H2,1-5H3/t10-,11+/m0/s1. The summed E-state index contributed by atoms with van der Waals surface area (Å²) in [5.41, 5.74) is 0. The number of hydrogen-bond acceptors (Lipinski definition) is 6. The van der Waals surface area contributed by atoms with E-state index >= 15 is 0 Å². The number of thioether (sulfide) groups is 1. The van der Waals surface area contributed by atoms with Crippen LogP contribution in [0.1, 0.15) is 20.3 Å². The molecule has 0 amide bonds. The third-order valence-electron chi connectivity index (χ3n) is 2.66. The predicted octanol–water partition coefficient (Wildman–Crippen LogP) is 3.41. The molecular weight excluding hydrogens is 312 g/mol. The lowest BCUT2D eigenvalue weighted by molar-refractivity contribution is -0.151. The lowest BCUT2D eigenvalue weighted by Crippen LogP contribution is -2.41. The molecule has 0 aliphatic carbocycles. The molecule has 1 aliphatic rings. The predicted molar refractivity (Wildman–Crippen MR) is 89.8 cm³/mol. The van der Waals surface area contributed by atoms with Crippen LogP contribution in [0.3, 0.4) is 0 Å². The molecule has 0 aromatic heterocycles. The van der Waals surface area contributed by atoms with Gasteiger partial charge in [-0.15, -0.1) is 0 Å². The number of ether oxygens (including phenoxy) is 3. The number of hydrogen-bond donors (Lipinski definition) is 0. The maximum absolute atomic E-state index is 6.31. The number of thiocarbonyl (C=S) groups is 1. The zero-order valence-electron chi connectivity index (χ0n) is 13.0. The Labute approximate surface area is 133 Å². The topological polar surface area (TPSA) is 36.9 Å². The van der Waals surface area contributed by atoms with Crippen LogP contribution in [-0.4, -0.2) is 50.2 Å². The third-order valence-corrected chi connectivity index (χ3v) is 5.13. The van der Waals surface area contributed by atoms with Crippen molar-refractivity contribution in [2.75, 3.05) is 19.8 Å². The average molecular weight is 339 g/mol. The van der Waals surface area contributed by atoms with Crippen LogP contribution >= 0.6 is 24.0 Å². The van der Waals surface area contributed by atoms with E-state index in [0.29, 0.717) is 24.2 Å². The monoisotopic (exact) mass is 338 g/mol. The highest BCUT2D eigenvalue weighted by atomic mass is 32.2. The van der Waals surface area contributed by atoms with E-state index in [4.69, 9.17) is 30.9 Å². The molecule has 2 atom stereocenters. The Bertz CT molecular complexity index is 303. The first kappa shape index (κ1) is 18.4. The van der Waals surface area contributed by atoms with E-state index in [1.807, 2.05) is 13.8 Å². The maximum atomic E-state index is 6.31. The lowest BCUT2D eigenvalue weighted by Gasteiger charge is -2.31. The lowest BCUT2D eigenvalue weighted by atomic mass is 10.2. The van der Waals surface area contributed by atoms with Gasteiger partial charge in [0.2, 0.25) is 4.38 Å². The molecule has 0 saturated carbocycles. The molecule has 1 heterocycles. The molecule has 1 rings (SSSR count). The second-order valence-corrected chi connectivity index (χ2v) is 11.9. The SMILES string of the molecule is CCOC(C[C@H](O[Si](C)(C)C)[C@H]1COC(=S)S1)OCC. The summed E-state index contributed by atoms with van der Waals surface area (Å²) in [6, 6.07) is 0. The molecule has 20 heavy (non-hydrogen) atoms. The fraction of sp³-hybridized carbons (Fsp3) is 0.923. The van der Waals surface area contributed by atoms with Gasteiger partial charge in [0.15, 0.2) is 14.6 Å². The first-order valence-electron chi connectivity index (χ1n) is 7.10. The summed E-state index contributed by atoms with van der Waals surface area (Å²) in [4.78, 5) is 0. The molecule has 1 saturated heterocycles. The van der Waals surface area contributed by atoms with Crippen molar-refractivity contribution >= 4 is 36.7 Å². The fourth-order valence-corrected chi connectivity index (χ4v) is 4.54. The van der Waals surface area contributed by atoms with E-state index < -0.39 is 8.32 Å². The minimum Gasteiger partial charge on any atom is -0.477 e. The van der Waals surface area contributed by atoms with Gasteiger partial charge in [-0.1, -0.05) is 11.8 Å². The first-order valence-corrected chi connectivity index (χ1v) is 11.8. The summed E-state index contributed by atoms with van der Waals surface area (Å²) in [5.74, 6) is 0. The second-order valence-electron chi connectivity index (χ2n) is 5.56. The van der Waals surface area contributed by atoms with Gasteiger partial charge in [0.1, 0.15) is 6.61 Å². The molecule has 1 fully saturated rings. The Morgan fingerprint density at radius 3 is 2.30 bits per heavy atom. The van der Waals surface area contributed by atoms with Crippen molar-refractivity contribution in [1.82, 2.24) is 0 Å². The maximum Gasteiger partial charge on any atom is 0.220 e. The van der Waals surface area contributed by atoms with E-state index in [2.05, 4.69) is 19.6 Å². The third kappa shape index (κ3) is 6.86. The van der Waals surface area contributed by atoms with E-state index in [1.165, 1.54) is 0 Å². The van der Waals surface area contributed by atoms with Gasteiger partial charge >= 0.3 is 0 Å². The van der Waals surface area contributed by atoms with Crippen molar-refractivity contribution in [3.8, 4) is 0 Å². The van der Waals surface area contributed by atoms with Crippen molar-refractivity contribution in [3.63, 3.8) is 0 Å². The van der Waals surface area contributed by atoms with Crippen molar-refractivity contribution in [2.45, 2.75) is 57.6 Å². The van der Waals surface area contributed by atoms with Gasteiger partial charge in [-0.25, -0.2) is 0 Å². The molecule has 4 nitrogen and oxygen atoms in total. The smallest absolute Gasteiger partial charge is 0.220 e. The second kappa shape index (κ2) is 8.70. The molecule has 0 aromatic carbocycles. The molecular formula is C13H26O4S2Si. The van der Waals surface area contributed by atoms with Crippen LogP contribution in [0, 0.1) is 0 Å². The first-order chi connectivity index (χ1) is 9.35. The van der Waals surface area contributed by atoms with Gasteiger partial charge in [0.25, 0.3) is 0 Å². The van der Waals surface area contributed by atoms with E-state index in [9.17, 15) is 0 Å². The Hall–Kier alpha value is 0.337. The van der Waals surface area contributed by atoms with Crippen molar-refractivity contribution in [3.05, 3.63) is 0 Å². The van der Waals surface area contributed by atoms with Crippen LogP contribution in [0.4, 0.5) is 0 Å². The van der Waals surface area contributed by atoms with Crippen molar-refractivity contribution < 1.29 is 18.6 Å². The van der Waals surface area contributed by atoms with E-state index in [-0.39, 0.29) is 17.6 Å². The normalized spacial score (nSPS) is 21.3. The highest BCUT2D eigenvalue weighted by molar-refractivity contribution is 8.23. The van der Waals surface area contributed by atoms with Crippen LogP contribution in [-0.2, 0) is 18.6 Å². The van der Waals surface area contributed by atoms with E-state index in [1.54, 1.807) is 11.8 Å². The zero-order chi connectivity index (χ0) is 15.2. The van der Waals surface area contributed by atoms with Crippen LogP contribution in [0.15, 0.2) is 0 Å². The molecule has 0 aromatic rings. The van der Waals surface area contributed by atoms with Gasteiger partial charge < -0.3 is 18.6 Å². The Kier molecular flexibility index (Phi) is 8.00. The summed E-state index contributed by atoms with van der Waals surface area (Å²) < 4.78 is 23.6. The Morgan fingerprint density at radius 1 is 1.30 bits per heavy atom. The summed E-state index contributed by atoms with van der Waals surface area (Å²) in [5, 5.41) is 0.234.